The lowest BCUT2D eigenvalue weighted by Gasteiger charge is -2.30. The van der Waals surface area contributed by atoms with Crippen molar-refractivity contribution >= 4 is 22.8 Å². The molecule has 0 aromatic carbocycles. The minimum Gasteiger partial charge on any atom is -0.444 e. The van der Waals surface area contributed by atoms with Crippen LogP contribution in [0.4, 0.5) is 14.9 Å². The van der Waals surface area contributed by atoms with Crippen LogP contribution < -0.4 is 16.2 Å². The Bertz CT molecular complexity index is 943. The molecule has 0 saturated heterocycles. The van der Waals surface area contributed by atoms with Crippen LogP contribution >= 0.6 is 0 Å². The molecule has 1 saturated carbocycles. The van der Waals surface area contributed by atoms with Gasteiger partial charge < -0.3 is 19.9 Å². The van der Waals surface area contributed by atoms with Gasteiger partial charge in [0.2, 0.25) is 0 Å². The lowest BCUT2D eigenvalue weighted by atomic mass is 9.86. The summed E-state index contributed by atoms with van der Waals surface area (Å²) in [5.41, 5.74) is 0.632. The van der Waals surface area contributed by atoms with E-state index >= 15 is 0 Å². The predicted octanol–water partition coefficient (Wildman–Crippen LogP) is 3.57. The first-order chi connectivity index (χ1) is 13.6. The summed E-state index contributed by atoms with van der Waals surface area (Å²) in [5, 5.41) is 6.12. The molecular formula is C21H29FN4O3. The summed E-state index contributed by atoms with van der Waals surface area (Å²) in [6.07, 6.45) is 4.32. The van der Waals surface area contributed by atoms with E-state index in [-0.39, 0.29) is 17.7 Å². The van der Waals surface area contributed by atoms with Crippen LogP contribution in [-0.4, -0.2) is 33.8 Å². The van der Waals surface area contributed by atoms with E-state index in [1.165, 1.54) is 16.8 Å². The van der Waals surface area contributed by atoms with Crippen molar-refractivity contribution in [2.24, 2.45) is 13.0 Å². The fraction of sp³-hybridized carbons (Fsp3) is 0.571. The van der Waals surface area contributed by atoms with Crippen molar-refractivity contribution in [3.8, 4) is 0 Å². The maximum atomic E-state index is 14.4. The van der Waals surface area contributed by atoms with Gasteiger partial charge in [-0.2, -0.15) is 0 Å². The van der Waals surface area contributed by atoms with Gasteiger partial charge in [0.05, 0.1) is 22.9 Å². The zero-order valence-corrected chi connectivity index (χ0v) is 17.4. The van der Waals surface area contributed by atoms with Gasteiger partial charge in [0, 0.05) is 25.7 Å². The molecule has 0 aliphatic heterocycles. The minimum atomic E-state index is -0.511. The number of halogens is 1. The van der Waals surface area contributed by atoms with Crippen LogP contribution in [0.25, 0.3) is 11.0 Å². The molecule has 2 heterocycles. The molecule has 0 unspecified atom stereocenters. The molecule has 3 rings (SSSR count). The normalized spacial score (nSPS) is 19.8. The highest BCUT2D eigenvalue weighted by Crippen LogP contribution is 2.28. The third-order valence-electron chi connectivity index (χ3n) is 5.22. The highest BCUT2D eigenvalue weighted by Gasteiger charge is 2.25. The van der Waals surface area contributed by atoms with E-state index in [0.29, 0.717) is 29.2 Å². The standard InChI is InChI=1S/C21H29FN4O3/c1-21(2,3)29-20(28)25-14-7-5-13(6-8-14)11-24-18-15(22)12-23-16-9-10-17(27)26(4)19(16)18/h9-10,12-14H,5-8,11H2,1-4H3,(H,23,24)(H,25,28). The number of nitrogens with one attached hydrogen (secondary N) is 2. The molecule has 158 valence electrons. The number of aryl methyl sites for hydroxylation is 1. The number of aromatic nitrogens is 2. The van der Waals surface area contributed by atoms with Crippen molar-refractivity contribution in [3.05, 3.63) is 34.5 Å². The summed E-state index contributed by atoms with van der Waals surface area (Å²) in [7, 11) is 1.62. The zero-order valence-electron chi connectivity index (χ0n) is 17.4. The summed E-state index contributed by atoms with van der Waals surface area (Å²) < 4.78 is 21.1. The number of alkyl carbamates (subject to hydrolysis) is 1. The second-order valence-corrected chi connectivity index (χ2v) is 8.69. The molecule has 8 heteroatoms. The number of pyridine rings is 2. The van der Waals surface area contributed by atoms with Gasteiger partial charge in [0.25, 0.3) is 5.56 Å². The molecule has 2 aromatic heterocycles. The van der Waals surface area contributed by atoms with Crippen LogP contribution in [0.5, 0.6) is 0 Å². The Morgan fingerprint density at radius 1 is 1.28 bits per heavy atom. The summed E-state index contributed by atoms with van der Waals surface area (Å²) in [4.78, 5) is 27.9. The van der Waals surface area contributed by atoms with Gasteiger partial charge in [-0.3, -0.25) is 9.78 Å². The number of amides is 1. The second kappa shape index (κ2) is 8.39. The summed E-state index contributed by atoms with van der Waals surface area (Å²) in [5.74, 6) is -0.117. The van der Waals surface area contributed by atoms with Crippen molar-refractivity contribution < 1.29 is 13.9 Å². The van der Waals surface area contributed by atoms with E-state index in [1.807, 2.05) is 20.8 Å². The van der Waals surface area contributed by atoms with Gasteiger partial charge >= 0.3 is 6.09 Å². The molecule has 1 fully saturated rings. The highest BCUT2D eigenvalue weighted by molar-refractivity contribution is 5.88. The van der Waals surface area contributed by atoms with Crippen LogP contribution in [0.3, 0.4) is 0 Å². The third kappa shape index (κ3) is 5.25. The topological polar surface area (TPSA) is 85.3 Å². The molecule has 0 bridgehead atoms. The minimum absolute atomic E-state index is 0.0976. The molecule has 0 atom stereocenters. The molecule has 2 aromatic rings. The summed E-state index contributed by atoms with van der Waals surface area (Å²) in [6.45, 7) is 6.12. The Kier molecular flexibility index (Phi) is 6.10. The first-order valence-corrected chi connectivity index (χ1v) is 10.0. The molecule has 1 aliphatic rings. The highest BCUT2D eigenvalue weighted by atomic mass is 19.1. The Morgan fingerprint density at radius 2 is 1.97 bits per heavy atom. The molecular weight excluding hydrogens is 375 g/mol. The largest absolute Gasteiger partial charge is 0.444 e. The van der Waals surface area contributed by atoms with E-state index in [9.17, 15) is 14.0 Å². The van der Waals surface area contributed by atoms with Crippen molar-refractivity contribution in [3.63, 3.8) is 0 Å². The van der Waals surface area contributed by atoms with Gasteiger partial charge in [-0.05, 0) is 58.4 Å². The Hall–Kier alpha value is -2.64. The van der Waals surface area contributed by atoms with Gasteiger partial charge in [-0.15, -0.1) is 0 Å². The lowest BCUT2D eigenvalue weighted by Crippen LogP contribution is -2.41. The predicted molar refractivity (Wildman–Crippen MR) is 111 cm³/mol. The number of hydrogen-bond donors (Lipinski definition) is 2. The SMILES string of the molecule is Cn1c(=O)ccc2ncc(F)c(NCC3CCC(NC(=O)OC(C)(C)C)CC3)c21. The van der Waals surface area contributed by atoms with Crippen LogP contribution in [0.2, 0.25) is 0 Å². The number of anilines is 1. The van der Waals surface area contributed by atoms with Crippen molar-refractivity contribution in [2.45, 2.75) is 58.1 Å². The number of nitrogens with zero attached hydrogens (tertiary/aromatic N) is 2. The van der Waals surface area contributed by atoms with E-state index in [4.69, 9.17) is 4.74 Å². The first kappa shape index (κ1) is 21.1. The van der Waals surface area contributed by atoms with Gasteiger partial charge in [-0.25, -0.2) is 9.18 Å². The molecule has 0 radical (unpaired) electrons. The quantitative estimate of drug-likeness (QED) is 0.814. The number of hydrogen-bond acceptors (Lipinski definition) is 5. The summed E-state index contributed by atoms with van der Waals surface area (Å²) in [6, 6.07) is 3.13. The number of carbonyl (C=O) groups is 1. The fourth-order valence-electron chi connectivity index (χ4n) is 3.73. The van der Waals surface area contributed by atoms with E-state index in [1.54, 1.807) is 13.1 Å². The van der Waals surface area contributed by atoms with Gasteiger partial charge in [0.15, 0.2) is 5.82 Å². The van der Waals surface area contributed by atoms with E-state index < -0.39 is 11.4 Å². The van der Waals surface area contributed by atoms with Gasteiger partial charge in [0.1, 0.15) is 5.60 Å². The van der Waals surface area contributed by atoms with Crippen LogP contribution in [0.15, 0.2) is 23.1 Å². The van der Waals surface area contributed by atoms with Crippen LogP contribution in [-0.2, 0) is 11.8 Å². The lowest BCUT2D eigenvalue weighted by molar-refractivity contribution is 0.0488. The van der Waals surface area contributed by atoms with Crippen molar-refractivity contribution in [2.75, 3.05) is 11.9 Å². The maximum Gasteiger partial charge on any atom is 0.407 e. The molecule has 1 amide bonds. The Balaban J connectivity index is 1.59. The van der Waals surface area contributed by atoms with Crippen LogP contribution in [0.1, 0.15) is 46.5 Å². The Morgan fingerprint density at radius 3 is 2.62 bits per heavy atom. The van der Waals surface area contributed by atoms with Crippen LogP contribution in [0, 0.1) is 11.7 Å². The van der Waals surface area contributed by atoms with Crippen molar-refractivity contribution in [1.82, 2.24) is 14.9 Å². The second-order valence-electron chi connectivity index (χ2n) is 8.69. The molecule has 29 heavy (non-hydrogen) atoms. The number of rotatable bonds is 4. The zero-order chi connectivity index (χ0) is 21.2. The molecule has 7 nitrogen and oxygen atoms in total. The van der Waals surface area contributed by atoms with Crippen molar-refractivity contribution in [1.29, 1.82) is 0 Å². The Labute approximate surface area is 169 Å². The average Bonchev–Trinajstić information content (AvgIpc) is 2.63. The molecule has 0 spiro atoms. The third-order valence-corrected chi connectivity index (χ3v) is 5.22. The molecule has 1 aliphatic carbocycles. The monoisotopic (exact) mass is 404 g/mol. The van der Waals surface area contributed by atoms with E-state index in [0.717, 1.165) is 25.7 Å². The number of carbonyl (C=O) groups excluding carboxylic acids is 1. The number of fused-ring (bicyclic) bond motifs is 1. The van der Waals surface area contributed by atoms with Gasteiger partial charge in [-0.1, -0.05) is 0 Å². The first-order valence-electron chi connectivity index (χ1n) is 10.0. The fourth-order valence-corrected chi connectivity index (χ4v) is 3.73. The smallest absolute Gasteiger partial charge is 0.407 e. The average molecular weight is 404 g/mol. The number of ether oxygens (including phenoxy) is 1. The summed E-state index contributed by atoms with van der Waals surface area (Å²) >= 11 is 0. The molecule has 2 N–H and O–H groups in total. The van der Waals surface area contributed by atoms with E-state index in [2.05, 4.69) is 15.6 Å². The maximum absolute atomic E-state index is 14.4.